The fourth-order valence-electron chi connectivity index (χ4n) is 8.19. The second-order valence-electron chi connectivity index (χ2n) is 14.2. The zero-order chi connectivity index (χ0) is 36.3. The van der Waals surface area contributed by atoms with Gasteiger partial charge in [-0.1, -0.05) is 152 Å². The molecule has 0 fully saturated rings. The van der Waals surface area contributed by atoms with Crippen molar-refractivity contribution in [3.63, 3.8) is 0 Å². The van der Waals surface area contributed by atoms with Crippen LogP contribution < -0.4 is 5.32 Å². The van der Waals surface area contributed by atoms with Gasteiger partial charge in [0.1, 0.15) is 23.2 Å². The van der Waals surface area contributed by atoms with Crippen LogP contribution in [0.25, 0.3) is 76.5 Å². The summed E-state index contributed by atoms with van der Waals surface area (Å²) < 4.78 is 6.50. The number of nitrogens with zero attached hydrogens (tertiary/aromatic N) is 2. The van der Waals surface area contributed by atoms with Gasteiger partial charge in [-0.25, -0.2) is 9.98 Å². The number of hydrogen-bond acceptors (Lipinski definition) is 4. The maximum absolute atomic E-state index is 6.50. The molecule has 1 aromatic heterocycles. The van der Waals surface area contributed by atoms with Crippen LogP contribution in [0.5, 0.6) is 0 Å². The predicted octanol–water partition coefficient (Wildman–Crippen LogP) is 12.9. The van der Waals surface area contributed by atoms with Crippen molar-refractivity contribution >= 4 is 65.9 Å². The average molecular weight is 704 g/mol. The summed E-state index contributed by atoms with van der Waals surface area (Å²) in [7, 11) is 0. The standard InChI is InChI=1S/C51H33N3O/c1-3-12-32(13-4-1)49-52-50(33-14-5-2-6-15-33)54-51(53-49)38-17-11-16-34(28-38)37-23-26-44-46-30-36(24-27-47(46)55-48(44)31-37)35-22-25-43-41-20-8-7-18-39(41)40-19-9-10-21-42(40)45(43)29-35/h1-31,49H,(H,52,53,54). The van der Waals surface area contributed by atoms with Crippen LogP contribution in [0.15, 0.2) is 202 Å². The van der Waals surface area contributed by atoms with E-state index in [0.717, 1.165) is 61.2 Å². The SMILES string of the molecule is c1ccc(C2=NC(c3cccc(-c4ccc5c(c4)oc4ccc(-c6ccc7c8ccccc8c8ccccc8c7c6)cc45)c3)=NC(c3ccccc3)N2)cc1. The summed E-state index contributed by atoms with van der Waals surface area (Å²) in [6, 6.07) is 66.4. The van der Waals surface area contributed by atoms with E-state index in [-0.39, 0.29) is 6.17 Å². The number of rotatable bonds is 5. The molecule has 1 aliphatic rings. The molecule has 0 spiro atoms. The molecule has 4 heteroatoms. The normalized spacial score (nSPS) is 14.4. The Morgan fingerprint density at radius 1 is 0.364 bits per heavy atom. The highest BCUT2D eigenvalue weighted by molar-refractivity contribution is 6.26. The van der Waals surface area contributed by atoms with Gasteiger partial charge in [-0.3, -0.25) is 0 Å². The van der Waals surface area contributed by atoms with E-state index in [1.807, 2.05) is 36.4 Å². The van der Waals surface area contributed by atoms with Crippen LogP contribution >= 0.6 is 0 Å². The molecule has 2 heterocycles. The van der Waals surface area contributed by atoms with Crippen molar-refractivity contribution in [3.8, 4) is 22.3 Å². The molecule has 0 radical (unpaired) electrons. The average Bonchev–Trinajstić information content (AvgIpc) is 3.64. The van der Waals surface area contributed by atoms with Crippen molar-refractivity contribution in [2.24, 2.45) is 9.98 Å². The first-order chi connectivity index (χ1) is 27.2. The van der Waals surface area contributed by atoms with E-state index in [0.29, 0.717) is 5.84 Å². The smallest absolute Gasteiger partial charge is 0.159 e. The molecule has 0 saturated heterocycles. The van der Waals surface area contributed by atoms with Crippen molar-refractivity contribution in [2.45, 2.75) is 6.17 Å². The molecular formula is C51H33N3O. The maximum Gasteiger partial charge on any atom is 0.159 e. The highest BCUT2D eigenvalue weighted by Gasteiger charge is 2.21. The zero-order valence-corrected chi connectivity index (χ0v) is 29.8. The molecule has 10 aromatic rings. The molecule has 0 bridgehead atoms. The Labute approximate surface area is 317 Å². The third kappa shape index (κ3) is 5.38. The Bertz CT molecular complexity index is 3140. The Morgan fingerprint density at radius 3 is 1.62 bits per heavy atom. The second-order valence-corrected chi connectivity index (χ2v) is 14.2. The quantitative estimate of drug-likeness (QED) is 0.181. The number of furan rings is 1. The molecule has 11 rings (SSSR count). The second kappa shape index (κ2) is 12.7. The number of aliphatic imine (C=N–C) groups is 2. The molecule has 9 aromatic carbocycles. The van der Waals surface area contributed by atoms with E-state index in [9.17, 15) is 0 Å². The summed E-state index contributed by atoms with van der Waals surface area (Å²) >= 11 is 0. The van der Waals surface area contributed by atoms with Crippen molar-refractivity contribution in [1.82, 2.24) is 5.32 Å². The monoisotopic (exact) mass is 703 g/mol. The lowest BCUT2D eigenvalue weighted by Gasteiger charge is -2.23. The number of fused-ring (bicyclic) bond motifs is 9. The highest BCUT2D eigenvalue weighted by Crippen LogP contribution is 2.39. The predicted molar refractivity (Wildman–Crippen MR) is 229 cm³/mol. The van der Waals surface area contributed by atoms with Crippen LogP contribution in [0.4, 0.5) is 0 Å². The van der Waals surface area contributed by atoms with E-state index >= 15 is 0 Å². The van der Waals surface area contributed by atoms with Crippen LogP contribution in [0.2, 0.25) is 0 Å². The third-order valence-electron chi connectivity index (χ3n) is 10.9. The molecule has 1 unspecified atom stereocenters. The Kier molecular flexibility index (Phi) is 7.20. The minimum atomic E-state index is -0.252. The molecular weight excluding hydrogens is 671 g/mol. The van der Waals surface area contributed by atoms with E-state index in [1.165, 1.54) is 37.9 Å². The highest BCUT2D eigenvalue weighted by atomic mass is 16.3. The van der Waals surface area contributed by atoms with Crippen molar-refractivity contribution < 1.29 is 4.42 Å². The molecule has 4 nitrogen and oxygen atoms in total. The summed E-state index contributed by atoms with van der Waals surface area (Å²) in [6.45, 7) is 0. The van der Waals surface area contributed by atoms with Gasteiger partial charge < -0.3 is 9.73 Å². The Hall–Kier alpha value is -7.30. The fraction of sp³-hybridized carbons (Fsp3) is 0.0196. The number of benzene rings is 9. The van der Waals surface area contributed by atoms with Gasteiger partial charge >= 0.3 is 0 Å². The van der Waals surface area contributed by atoms with Crippen LogP contribution in [0.3, 0.4) is 0 Å². The first-order valence-electron chi connectivity index (χ1n) is 18.7. The van der Waals surface area contributed by atoms with Crippen LogP contribution in [0.1, 0.15) is 22.9 Å². The fourth-order valence-corrected chi connectivity index (χ4v) is 8.19. The van der Waals surface area contributed by atoms with Crippen LogP contribution in [-0.4, -0.2) is 11.7 Å². The molecule has 1 atom stereocenters. The number of amidine groups is 2. The molecule has 55 heavy (non-hydrogen) atoms. The van der Waals surface area contributed by atoms with E-state index in [4.69, 9.17) is 14.4 Å². The maximum atomic E-state index is 6.50. The van der Waals surface area contributed by atoms with E-state index in [2.05, 4.69) is 157 Å². The molecule has 258 valence electrons. The molecule has 1 aliphatic heterocycles. The van der Waals surface area contributed by atoms with Gasteiger partial charge in [0.05, 0.1) is 0 Å². The summed E-state index contributed by atoms with van der Waals surface area (Å²) in [4.78, 5) is 10.1. The van der Waals surface area contributed by atoms with Gasteiger partial charge in [0.15, 0.2) is 5.84 Å². The molecule has 0 saturated carbocycles. The van der Waals surface area contributed by atoms with Crippen molar-refractivity contribution in [1.29, 1.82) is 0 Å². The van der Waals surface area contributed by atoms with Gasteiger partial charge in [0.25, 0.3) is 0 Å². The van der Waals surface area contributed by atoms with Gasteiger partial charge in [-0.15, -0.1) is 0 Å². The lowest BCUT2D eigenvalue weighted by molar-refractivity contribution is 0.669. The molecule has 0 aliphatic carbocycles. The number of hydrogen-bond donors (Lipinski definition) is 1. The summed E-state index contributed by atoms with van der Waals surface area (Å²) in [5.74, 6) is 1.50. The lowest BCUT2D eigenvalue weighted by Crippen LogP contribution is -2.33. The Balaban J connectivity index is 0.966. The lowest BCUT2D eigenvalue weighted by atomic mass is 9.92. The van der Waals surface area contributed by atoms with Crippen LogP contribution in [0, 0.1) is 0 Å². The number of nitrogens with one attached hydrogen (secondary N) is 1. The first kappa shape index (κ1) is 31.2. The summed E-state index contributed by atoms with van der Waals surface area (Å²) in [6.07, 6.45) is -0.252. The largest absolute Gasteiger partial charge is 0.456 e. The van der Waals surface area contributed by atoms with Crippen molar-refractivity contribution in [2.75, 3.05) is 0 Å². The zero-order valence-electron chi connectivity index (χ0n) is 29.8. The minimum absolute atomic E-state index is 0.252. The first-order valence-corrected chi connectivity index (χ1v) is 18.7. The van der Waals surface area contributed by atoms with Crippen LogP contribution in [-0.2, 0) is 0 Å². The topological polar surface area (TPSA) is 49.9 Å². The Morgan fingerprint density at radius 2 is 0.891 bits per heavy atom. The summed E-state index contributed by atoms with van der Waals surface area (Å²) in [5, 5.41) is 13.4. The minimum Gasteiger partial charge on any atom is -0.456 e. The van der Waals surface area contributed by atoms with E-state index < -0.39 is 0 Å². The third-order valence-corrected chi connectivity index (χ3v) is 10.9. The van der Waals surface area contributed by atoms with Crippen molar-refractivity contribution in [3.05, 3.63) is 205 Å². The molecule has 1 N–H and O–H groups in total. The molecule has 0 amide bonds. The van der Waals surface area contributed by atoms with Gasteiger partial charge in [-0.05, 0) is 96.5 Å². The van der Waals surface area contributed by atoms with Gasteiger partial charge in [0.2, 0.25) is 0 Å². The summed E-state index contributed by atoms with van der Waals surface area (Å²) in [5.41, 5.74) is 9.30. The van der Waals surface area contributed by atoms with E-state index in [1.54, 1.807) is 0 Å². The van der Waals surface area contributed by atoms with Gasteiger partial charge in [-0.2, -0.15) is 0 Å². The van der Waals surface area contributed by atoms with Gasteiger partial charge in [0, 0.05) is 21.9 Å².